The molecule has 2 rings (SSSR count). The number of hydrogen-bond donors (Lipinski definition) is 1. The summed E-state index contributed by atoms with van der Waals surface area (Å²) in [6, 6.07) is 10.5. The third-order valence-electron chi connectivity index (χ3n) is 3.32. The number of para-hydroxylation sites is 1. The number of nitrogens with two attached hydrogens (primary N) is 1. The third kappa shape index (κ3) is 3.20. The Morgan fingerprint density at radius 1 is 1.14 bits per heavy atom. The van der Waals surface area contributed by atoms with Crippen LogP contribution in [0.1, 0.15) is 29.7 Å². The van der Waals surface area contributed by atoms with Crippen LogP contribution in [0.5, 0.6) is 11.5 Å². The lowest BCUT2D eigenvalue weighted by Crippen LogP contribution is -2.06. The molecule has 1 atom stereocenters. The summed E-state index contributed by atoms with van der Waals surface area (Å²) in [5.41, 5.74) is 8.29. The average molecular weight is 286 g/mol. The van der Waals surface area contributed by atoms with Crippen molar-refractivity contribution in [2.24, 2.45) is 5.73 Å². The SMILES string of the molecule is Cc1cc(C)c([N+](=O)[O-])cc1Oc1ccccc1[C@H](C)N. The Labute approximate surface area is 123 Å². The fourth-order valence-electron chi connectivity index (χ4n) is 2.20. The number of nitro benzene ring substituents is 1. The molecule has 5 heteroatoms. The molecule has 110 valence electrons. The third-order valence-corrected chi connectivity index (χ3v) is 3.32. The first-order valence-electron chi connectivity index (χ1n) is 6.68. The molecular weight excluding hydrogens is 268 g/mol. The minimum absolute atomic E-state index is 0.0499. The Balaban J connectivity index is 2.45. The quantitative estimate of drug-likeness (QED) is 0.680. The minimum Gasteiger partial charge on any atom is -0.456 e. The fourth-order valence-corrected chi connectivity index (χ4v) is 2.20. The zero-order valence-corrected chi connectivity index (χ0v) is 12.3. The lowest BCUT2D eigenvalue weighted by Gasteiger charge is -2.15. The summed E-state index contributed by atoms with van der Waals surface area (Å²) in [5, 5.41) is 11.0. The summed E-state index contributed by atoms with van der Waals surface area (Å²) in [5.74, 6) is 1.09. The van der Waals surface area contributed by atoms with E-state index in [-0.39, 0.29) is 11.7 Å². The van der Waals surface area contributed by atoms with E-state index >= 15 is 0 Å². The van der Waals surface area contributed by atoms with Crippen LogP contribution < -0.4 is 10.5 Å². The van der Waals surface area contributed by atoms with Gasteiger partial charge in [-0.25, -0.2) is 0 Å². The van der Waals surface area contributed by atoms with Crippen LogP contribution in [0.25, 0.3) is 0 Å². The lowest BCUT2D eigenvalue weighted by molar-refractivity contribution is -0.385. The Bertz CT molecular complexity index is 681. The van der Waals surface area contributed by atoms with Gasteiger partial charge in [0.1, 0.15) is 11.5 Å². The van der Waals surface area contributed by atoms with Gasteiger partial charge < -0.3 is 10.5 Å². The van der Waals surface area contributed by atoms with Crippen molar-refractivity contribution in [3.8, 4) is 11.5 Å². The van der Waals surface area contributed by atoms with E-state index in [1.807, 2.05) is 38.1 Å². The molecule has 0 aliphatic rings. The van der Waals surface area contributed by atoms with Gasteiger partial charge in [-0.15, -0.1) is 0 Å². The summed E-state index contributed by atoms with van der Waals surface area (Å²) in [7, 11) is 0. The maximum absolute atomic E-state index is 11.0. The second-order valence-electron chi connectivity index (χ2n) is 5.09. The van der Waals surface area contributed by atoms with Crippen molar-refractivity contribution in [3.05, 3.63) is 63.2 Å². The van der Waals surface area contributed by atoms with Crippen LogP contribution in [0.3, 0.4) is 0 Å². The topological polar surface area (TPSA) is 78.4 Å². The minimum atomic E-state index is -0.404. The molecule has 2 aromatic carbocycles. The number of aryl methyl sites for hydroxylation is 2. The van der Waals surface area contributed by atoms with E-state index in [9.17, 15) is 10.1 Å². The van der Waals surface area contributed by atoms with E-state index in [0.717, 1.165) is 11.1 Å². The summed E-state index contributed by atoms with van der Waals surface area (Å²) < 4.78 is 5.86. The van der Waals surface area contributed by atoms with Crippen LogP contribution in [-0.2, 0) is 0 Å². The molecule has 0 spiro atoms. The van der Waals surface area contributed by atoms with Crippen LogP contribution in [0.15, 0.2) is 36.4 Å². The van der Waals surface area contributed by atoms with Crippen molar-refractivity contribution in [1.29, 1.82) is 0 Å². The molecule has 0 unspecified atom stereocenters. The van der Waals surface area contributed by atoms with E-state index in [0.29, 0.717) is 17.1 Å². The summed E-state index contributed by atoms with van der Waals surface area (Å²) in [6.45, 7) is 5.44. The van der Waals surface area contributed by atoms with Gasteiger partial charge in [0.2, 0.25) is 0 Å². The van der Waals surface area contributed by atoms with Gasteiger partial charge in [0.05, 0.1) is 11.0 Å². The molecule has 5 nitrogen and oxygen atoms in total. The fraction of sp³-hybridized carbons (Fsp3) is 0.250. The lowest BCUT2D eigenvalue weighted by atomic mass is 10.1. The van der Waals surface area contributed by atoms with E-state index in [2.05, 4.69) is 0 Å². The number of nitrogens with zero attached hydrogens (tertiary/aromatic N) is 1. The molecule has 0 aromatic heterocycles. The Morgan fingerprint density at radius 2 is 1.81 bits per heavy atom. The van der Waals surface area contributed by atoms with E-state index < -0.39 is 4.92 Å². The first-order chi connectivity index (χ1) is 9.90. The van der Waals surface area contributed by atoms with Crippen LogP contribution in [-0.4, -0.2) is 4.92 Å². The predicted molar refractivity (Wildman–Crippen MR) is 81.7 cm³/mol. The Kier molecular flexibility index (Phi) is 4.23. The van der Waals surface area contributed by atoms with Gasteiger partial charge in [-0.2, -0.15) is 0 Å². The van der Waals surface area contributed by atoms with Gasteiger partial charge in [0, 0.05) is 17.2 Å². The monoisotopic (exact) mass is 286 g/mol. The molecular formula is C16H18N2O3. The molecule has 0 radical (unpaired) electrons. The predicted octanol–water partition coefficient (Wildman–Crippen LogP) is 4.02. The average Bonchev–Trinajstić information content (AvgIpc) is 2.41. The Hall–Kier alpha value is -2.40. The van der Waals surface area contributed by atoms with Crippen molar-refractivity contribution in [2.45, 2.75) is 26.8 Å². The van der Waals surface area contributed by atoms with Crippen molar-refractivity contribution in [1.82, 2.24) is 0 Å². The molecule has 21 heavy (non-hydrogen) atoms. The van der Waals surface area contributed by atoms with Gasteiger partial charge in [-0.3, -0.25) is 10.1 Å². The molecule has 0 aliphatic carbocycles. The number of rotatable bonds is 4. The highest BCUT2D eigenvalue weighted by molar-refractivity contribution is 5.51. The highest BCUT2D eigenvalue weighted by Gasteiger charge is 2.16. The molecule has 0 heterocycles. The zero-order valence-electron chi connectivity index (χ0n) is 12.3. The molecule has 2 aromatic rings. The van der Waals surface area contributed by atoms with Crippen LogP contribution in [0.4, 0.5) is 5.69 Å². The van der Waals surface area contributed by atoms with Gasteiger partial charge in [0.15, 0.2) is 0 Å². The number of ether oxygens (including phenoxy) is 1. The molecule has 0 fully saturated rings. The van der Waals surface area contributed by atoms with E-state index in [4.69, 9.17) is 10.5 Å². The summed E-state index contributed by atoms with van der Waals surface area (Å²) in [6.07, 6.45) is 0. The van der Waals surface area contributed by atoms with Gasteiger partial charge in [-0.1, -0.05) is 18.2 Å². The van der Waals surface area contributed by atoms with Crippen molar-refractivity contribution < 1.29 is 9.66 Å². The highest BCUT2D eigenvalue weighted by atomic mass is 16.6. The molecule has 0 amide bonds. The second-order valence-corrected chi connectivity index (χ2v) is 5.09. The van der Waals surface area contributed by atoms with E-state index in [1.165, 1.54) is 6.07 Å². The number of hydrogen-bond acceptors (Lipinski definition) is 4. The molecule has 0 bridgehead atoms. The van der Waals surface area contributed by atoms with Crippen molar-refractivity contribution in [3.63, 3.8) is 0 Å². The first kappa shape index (κ1) is 15.0. The second kappa shape index (κ2) is 5.93. The van der Waals surface area contributed by atoms with Crippen LogP contribution in [0.2, 0.25) is 0 Å². The largest absolute Gasteiger partial charge is 0.456 e. The van der Waals surface area contributed by atoms with Gasteiger partial charge in [-0.05, 0) is 38.5 Å². The highest BCUT2D eigenvalue weighted by Crippen LogP contribution is 2.34. The maximum atomic E-state index is 11.0. The van der Waals surface area contributed by atoms with Crippen molar-refractivity contribution in [2.75, 3.05) is 0 Å². The zero-order chi connectivity index (χ0) is 15.6. The molecule has 0 saturated carbocycles. The Morgan fingerprint density at radius 3 is 2.43 bits per heavy atom. The number of nitro groups is 1. The van der Waals surface area contributed by atoms with Gasteiger partial charge >= 0.3 is 0 Å². The van der Waals surface area contributed by atoms with Crippen LogP contribution in [0, 0.1) is 24.0 Å². The molecule has 2 N–H and O–H groups in total. The summed E-state index contributed by atoms with van der Waals surface area (Å²) >= 11 is 0. The smallest absolute Gasteiger partial charge is 0.276 e. The van der Waals surface area contributed by atoms with E-state index in [1.54, 1.807) is 13.0 Å². The van der Waals surface area contributed by atoms with Crippen molar-refractivity contribution >= 4 is 5.69 Å². The van der Waals surface area contributed by atoms with Gasteiger partial charge in [0.25, 0.3) is 5.69 Å². The normalized spacial score (nSPS) is 12.0. The standard InChI is InChI=1S/C16H18N2O3/c1-10-8-11(2)16(9-14(10)18(19)20)21-15-7-5-4-6-13(15)12(3)17/h4-9,12H,17H2,1-3H3/t12-/m0/s1. The first-order valence-corrected chi connectivity index (χ1v) is 6.68. The number of benzene rings is 2. The molecule has 0 aliphatic heterocycles. The maximum Gasteiger partial charge on any atom is 0.276 e. The molecule has 0 saturated heterocycles. The van der Waals surface area contributed by atoms with Crippen LogP contribution >= 0.6 is 0 Å². The summed E-state index contributed by atoms with van der Waals surface area (Å²) in [4.78, 5) is 10.6.